The fraction of sp³-hybridized carbons (Fsp3) is 0.312. The first-order valence-electron chi connectivity index (χ1n) is 7.19. The van der Waals surface area contributed by atoms with Gasteiger partial charge in [0, 0.05) is 39.3 Å². The van der Waals surface area contributed by atoms with Crippen molar-refractivity contribution < 1.29 is 14.0 Å². The van der Waals surface area contributed by atoms with Crippen LogP contribution in [0.15, 0.2) is 36.0 Å². The van der Waals surface area contributed by atoms with E-state index in [-0.39, 0.29) is 17.2 Å². The third kappa shape index (κ3) is 4.07. The molecule has 0 radical (unpaired) electrons. The van der Waals surface area contributed by atoms with E-state index in [1.165, 1.54) is 30.2 Å². The van der Waals surface area contributed by atoms with Crippen LogP contribution in [-0.4, -0.2) is 47.8 Å². The van der Waals surface area contributed by atoms with Crippen LogP contribution in [0.2, 0.25) is 0 Å². The molecule has 0 bridgehead atoms. The van der Waals surface area contributed by atoms with Crippen LogP contribution in [0, 0.1) is 17.1 Å². The molecule has 23 heavy (non-hydrogen) atoms. The van der Waals surface area contributed by atoms with Crippen molar-refractivity contribution in [1.82, 2.24) is 9.80 Å². The molecule has 0 atom stereocenters. The van der Waals surface area contributed by atoms with Crippen LogP contribution in [0.1, 0.15) is 6.92 Å². The molecular formula is C16H17FN4O2. The predicted octanol–water partition coefficient (Wildman–Crippen LogP) is 1.34. The number of nitrogens with zero attached hydrogens (tertiary/aromatic N) is 3. The summed E-state index contributed by atoms with van der Waals surface area (Å²) >= 11 is 0. The molecule has 2 amide bonds. The Kier molecular flexibility index (Phi) is 5.31. The van der Waals surface area contributed by atoms with Gasteiger partial charge in [-0.15, -0.1) is 0 Å². The van der Waals surface area contributed by atoms with Crippen LogP contribution in [0.25, 0.3) is 0 Å². The number of nitrogens with one attached hydrogen (secondary N) is 1. The van der Waals surface area contributed by atoms with Gasteiger partial charge < -0.3 is 15.1 Å². The van der Waals surface area contributed by atoms with Gasteiger partial charge in [-0.05, 0) is 12.1 Å². The Labute approximate surface area is 133 Å². The zero-order chi connectivity index (χ0) is 16.8. The first-order valence-corrected chi connectivity index (χ1v) is 7.19. The minimum absolute atomic E-state index is 0.0330. The average molecular weight is 316 g/mol. The monoisotopic (exact) mass is 316 g/mol. The number of amides is 2. The number of benzene rings is 1. The predicted molar refractivity (Wildman–Crippen MR) is 82.6 cm³/mol. The van der Waals surface area contributed by atoms with E-state index in [1.54, 1.807) is 17.0 Å². The minimum atomic E-state index is -0.469. The number of rotatable bonds is 3. The van der Waals surface area contributed by atoms with Gasteiger partial charge in [-0.2, -0.15) is 5.26 Å². The number of carbonyl (C=O) groups is 2. The number of para-hydroxylation sites is 1. The summed E-state index contributed by atoms with van der Waals surface area (Å²) in [6.07, 6.45) is 1.21. The second kappa shape index (κ2) is 7.40. The lowest BCUT2D eigenvalue weighted by atomic mass is 10.2. The van der Waals surface area contributed by atoms with E-state index in [0.29, 0.717) is 26.2 Å². The SMILES string of the molecule is CC(=O)N1CCN(C(=O)/C(C#N)=C\Nc2ccccc2F)CC1. The van der Waals surface area contributed by atoms with Crippen molar-refractivity contribution in [3.05, 3.63) is 41.9 Å². The molecule has 1 saturated heterocycles. The first-order chi connectivity index (χ1) is 11.0. The molecule has 0 aromatic heterocycles. The number of piperazine rings is 1. The molecule has 0 saturated carbocycles. The number of hydrogen-bond acceptors (Lipinski definition) is 4. The van der Waals surface area contributed by atoms with Gasteiger partial charge in [0.25, 0.3) is 5.91 Å². The fourth-order valence-corrected chi connectivity index (χ4v) is 2.26. The Hall–Kier alpha value is -2.88. The zero-order valence-electron chi connectivity index (χ0n) is 12.8. The molecular weight excluding hydrogens is 299 g/mol. The Morgan fingerprint density at radius 1 is 1.22 bits per heavy atom. The van der Waals surface area contributed by atoms with Crippen LogP contribution in [0.3, 0.4) is 0 Å². The van der Waals surface area contributed by atoms with Crippen LogP contribution in [0.4, 0.5) is 10.1 Å². The van der Waals surface area contributed by atoms with Crippen molar-refractivity contribution in [1.29, 1.82) is 5.26 Å². The fourth-order valence-electron chi connectivity index (χ4n) is 2.26. The standard InChI is InChI=1S/C16H17FN4O2/c1-12(22)20-6-8-21(9-7-20)16(23)13(10-18)11-19-15-5-3-2-4-14(15)17/h2-5,11,19H,6-9H2,1H3/b13-11-. The molecule has 0 aliphatic carbocycles. The zero-order valence-corrected chi connectivity index (χ0v) is 12.8. The van der Waals surface area contributed by atoms with Crippen molar-refractivity contribution in [3.8, 4) is 6.07 Å². The molecule has 1 heterocycles. The van der Waals surface area contributed by atoms with Gasteiger partial charge >= 0.3 is 0 Å². The summed E-state index contributed by atoms with van der Waals surface area (Å²) in [6.45, 7) is 3.12. The van der Waals surface area contributed by atoms with E-state index >= 15 is 0 Å². The van der Waals surface area contributed by atoms with Crippen LogP contribution < -0.4 is 5.32 Å². The topological polar surface area (TPSA) is 76.4 Å². The van der Waals surface area contributed by atoms with Crippen LogP contribution >= 0.6 is 0 Å². The Morgan fingerprint density at radius 2 is 1.83 bits per heavy atom. The van der Waals surface area contributed by atoms with Gasteiger partial charge in [0.15, 0.2) is 0 Å². The Bertz CT molecular complexity index is 673. The van der Waals surface area contributed by atoms with Crippen molar-refractivity contribution in [2.75, 3.05) is 31.5 Å². The second-order valence-electron chi connectivity index (χ2n) is 5.09. The number of halogens is 1. The first kappa shape index (κ1) is 16.5. The molecule has 2 rings (SSSR count). The summed E-state index contributed by atoms with van der Waals surface area (Å²) in [5.41, 5.74) is 0.0824. The number of anilines is 1. The highest BCUT2D eigenvalue weighted by Gasteiger charge is 2.24. The number of nitriles is 1. The molecule has 1 N–H and O–H groups in total. The van der Waals surface area contributed by atoms with Gasteiger partial charge in [0.2, 0.25) is 5.91 Å². The molecule has 1 fully saturated rings. The third-order valence-corrected chi connectivity index (χ3v) is 3.61. The molecule has 6 nitrogen and oxygen atoms in total. The Morgan fingerprint density at radius 3 is 2.39 bits per heavy atom. The van der Waals surface area contributed by atoms with Crippen molar-refractivity contribution >= 4 is 17.5 Å². The van der Waals surface area contributed by atoms with Gasteiger partial charge in [-0.25, -0.2) is 4.39 Å². The number of hydrogen-bond donors (Lipinski definition) is 1. The van der Waals surface area contributed by atoms with E-state index in [1.807, 2.05) is 6.07 Å². The van der Waals surface area contributed by atoms with Gasteiger partial charge in [0.05, 0.1) is 5.69 Å². The van der Waals surface area contributed by atoms with Crippen molar-refractivity contribution in [3.63, 3.8) is 0 Å². The maximum Gasteiger partial charge on any atom is 0.266 e. The summed E-state index contributed by atoms with van der Waals surface area (Å²) < 4.78 is 13.5. The summed E-state index contributed by atoms with van der Waals surface area (Å²) in [7, 11) is 0. The van der Waals surface area contributed by atoms with Crippen LogP contribution in [0.5, 0.6) is 0 Å². The molecule has 1 aromatic rings. The minimum Gasteiger partial charge on any atom is -0.358 e. The summed E-state index contributed by atoms with van der Waals surface area (Å²) in [5, 5.41) is 11.8. The number of carbonyl (C=O) groups excluding carboxylic acids is 2. The van der Waals surface area contributed by atoms with Gasteiger partial charge in [0.1, 0.15) is 17.5 Å². The van der Waals surface area contributed by atoms with Gasteiger partial charge in [-0.3, -0.25) is 9.59 Å². The molecule has 0 unspecified atom stereocenters. The summed E-state index contributed by atoms with van der Waals surface area (Å²) in [6, 6.07) is 7.82. The molecule has 1 aliphatic heterocycles. The summed E-state index contributed by atoms with van der Waals surface area (Å²) in [4.78, 5) is 26.7. The highest BCUT2D eigenvalue weighted by Crippen LogP contribution is 2.13. The van der Waals surface area contributed by atoms with Crippen molar-refractivity contribution in [2.24, 2.45) is 0 Å². The third-order valence-electron chi connectivity index (χ3n) is 3.61. The maximum absolute atomic E-state index is 13.5. The molecule has 1 aromatic carbocycles. The van der Waals surface area contributed by atoms with Crippen LogP contribution in [-0.2, 0) is 9.59 Å². The molecule has 7 heteroatoms. The van der Waals surface area contributed by atoms with E-state index in [9.17, 15) is 14.0 Å². The van der Waals surface area contributed by atoms with Gasteiger partial charge in [-0.1, -0.05) is 12.1 Å². The molecule has 1 aliphatic rings. The Balaban J connectivity index is 2.02. The summed E-state index contributed by atoms with van der Waals surface area (Å²) in [5.74, 6) is -0.933. The highest BCUT2D eigenvalue weighted by atomic mass is 19.1. The normalized spacial score (nSPS) is 15.1. The average Bonchev–Trinajstić information content (AvgIpc) is 2.56. The second-order valence-corrected chi connectivity index (χ2v) is 5.09. The quantitative estimate of drug-likeness (QED) is 0.674. The van der Waals surface area contributed by atoms with E-state index in [2.05, 4.69) is 5.32 Å². The van der Waals surface area contributed by atoms with E-state index in [4.69, 9.17) is 5.26 Å². The highest BCUT2D eigenvalue weighted by molar-refractivity contribution is 5.97. The smallest absolute Gasteiger partial charge is 0.266 e. The van der Waals surface area contributed by atoms with E-state index < -0.39 is 11.7 Å². The van der Waals surface area contributed by atoms with Crippen molar-refractivity contribution in [2.45, 2.75) is 6.92 Å². The largest absolute Gasteiger partial charge is 0.358 e. The van der Waals surface area contributed by atoms with E-state index in [0.717, 1.165) is 0 Å². The lowest BCUT2D eigenvalue weighted by Gasteiger charge is -2.34. The molecule has 120 valence electrons. The molecule has 0 spiro atoms. The lowest BCUT2D eigenvalue weighted by molar-refractivity contribution is -0.136. The maximum atomic E-state index is 13.5. The lowest BCUT2D eigenvalue weighted by Crippen LogP contribution is -2.50.